The fourth-order valence-corrected chi connectivity index (χ4v) is 4.22. The number of hydrogen-bond donors (Lipinski definition) is 1. The van der Waals surface area contributed by atoms with E-state index in [1.54, 1.807) is 31.3 Å². The number of rotatable bonds is 4. The molecule has 1 aliphatic heterocycles. The molecule has 0 bridgehead atoms. The summed E-state index contributed by atoms with van der Waals surface area (Å²) in [6.07, 6.45) is 0. The van der Waals surface area contributed by atoms with Crippen LogP contribution < -0.4 is 10.3 Å². The maximum atomic E-state index is 14.1. The van der Waals surface area contributed by atoms with E-state index in [9.17, 15) is 22.8 Å². The molecule has 0 fully saturated rings. The van der Waals surface area contributed by atoms with Gasteiger partial charge in [-0.2, -0.15) is 0 Å². The highest BCUT2D eigenvalue weighted by atomic mass is 19.2. The van der Waals surface area contributed by atoms with Crippen LogP contribution in [0, 0.1) is 17.5 Å². The second kappa shape index (κ2) is 8.92. The number of amides is 1. The van der Waals surface area contributed by atoms with Gasteiger partial charge in [-0.15, -0.1) is 0 Å². The highest BCUT2D eigenvalue weighted by Crippen LogP contribution is 2.34. The van der Waals surface area contributed by atoms with Crippen LogP contribution in [0.2, 0.25) is 0 Å². The van der Waals surface area contributed by atoms with Crippen LogP contribution in [0.4, 0.5) is 13.2 Å². The highest BCUT2D eigenvalue weighted by Gasteiger charge is 2.31. The van der Waals surface area contributed by atoms with E-state index in [-0.39, 0.29) is 29.9 Å². The van der Waals surface area contributed by atoms with Gasteiger partial charge in [0.25, 0.3) is 11.5 Å². The monoisotopic (exact) mass is 480 g/mol. The summed E-state index contributed by atoms with van der Waals surface area (Å²) in [5.74, 6) is -2.21. The van der Waals surface area contributed by atoms with Crippen LogP contribution >= 0.6 is 0 Å². The Morgan fingerprint density at radius 1 is 1.00 bits per heavy atom. The minimum atomic E-state index is -1.13. The van der Waals surface area contributed by atoms with Crippen LogP contribution in [0.3, 0.4) is 0 Å². The summed E-state index contributed by atoms with van der Waals surface area (Å²) in [4.78, 5) is 29.9. The molecule has 1 amide bonds. The summed E-state index contributed by atoms with van der Waals surface area (Å²) in [7, 11) is 1.57. The Balaban J connectivity index is 1.49. The summed E-state index contributed by atoms with van der Waals surface area (Å²) in [5.41, 5.74) is 0.642. The maximum absolute atomic E-state index is 14.1. The van der Waals surface area contributed by atoms with Gasteiger partial charge in [-0.1, -0.05) is 6.07 Å². The normalized spacial score (nSPS) is 15.0. The number of fused-ring (bicyclic) bond motifs is 3. The molecule has 1 aromatic heterocycles. The molecule has 9 heteroatoms. The van der Waals surface area contributed by atoms with Crippen LogP contribution in [0.5, 0.6) is 11.5 Å². The highest BCUT2D eigenvalue weighted by molar-refractivity contribution is 5.95. The minimum Gasteiger partial charge on any atom is -0.457 e. The van der Waals surface area contributed by atoms with Gasteiger partial charge in [0.1, 0.15) is 17.3 Å². The van der Waals surface area contributed by atoms with E-state index < -0.39 is 29.1 Å². The minimum absolute atomic E-state index is 0.00917. The van der Waals surface area contributed by atoms with Crippen LogP contribution in [-0.4, -0.2) is 29.4 Å². The molecule has 2 heterocycles. The summed E-state index contributed by atoms with van der Waals surface area (Å²) >= 11 is 0. The molecule has 0 radical (unpaired) electrons. The standard InChI is InChI=1S/C26H19F3N2O4/c1-31(26(33)14-3-2-4-17(9-14)35-16-7-5-15(27)6-8-16)23-13-34-12-22-24(23)18-10-20(28)21(29)11-19(18)25(32)30-22/h2-11,23H,12-13H2,1H3,(H,30,32)/t23-/m0/s1. The first-order valence-electron chi connectivity index (χ1n) is 10.7. The van der Waals surface area contributed by atoms with Crippen molar-refractivity contribution in [2.45, 2.75) is 12.6 Å². The zero-order valence-electron chi connectivity index (χ0n) is 18.5. The molecule has 0 aliphatic carbocycles. The van der Waals surface area contributed by atoms with Crippen molar-refractivity contribution >= 4 is 16.7 Å². The van der Waals surface area contributed by atoms with Crippen molar-refractivity contribution in [1.29, 1.82) is 0 Å². The van der Waals surface area contributed by atoms with Crippen molar-refractivity contribution in [3.8, 4) is 11.5 Å². The van der Waals surface area contributed by atoms with Gasteiger partial charge >= 0.3 is 0 Å². The SMILES string of the molecule is CN(C(=O)c1cccc(Oc2ccc(F)cc2)c1)[C@H]1COCc2[nH]c(=O)c3cc(F)c(F)cc3c21. The van der Waals surface area contributed by atoms with Crippen molar-refractivity contribution in [1.82, 2.24) is 9.88 Å². The molecule has 35 heavy (non-hydrogen) atoms. The van der Waals surface area contributed by atoms with Gasteiger partial charge in [0.05, 0.1) is 24.6 Å². The summed E-state index contributed by atoms with van der Waals surface area (Å²) in [6, 6.07) is 13.1. The molecule has 4 aromatic rings. The van der Waals surface area contributed by atoms with Gasteiger partial charge in [0, 0.05) is 23.9 Å². The van der Waals surface area contributed by atoms with E-state index in [0.29, 0.717) is 28.3 Å². The number of carbonyl (C=O) groups excluding carboxylic acids is 1. The van der Waals surface area contributed by atoms with Gasteiger partial charge < -0.3 is 19.4 Å². The molecule has 1 atom stereocenters. The summed E-state index contributed by atoms with van der Waals surface area (Å²) in [5, 5.41) is 0.217. The zero-order chi connectivity index (χ0) is 24.7. The third kappa shape index (κ3) is 4.26. The van der Waals surface area contributed by atoms with Crippen LogP contribution in [0.15, 0.2) is 65.5 Å². The number of aromatic nitrogens is 1. The number of likely N-dealkylation sites (N-methyl/N-ethyl adjacent to an activating group) is 1. The number of H-pyrrole nitrogens is 1. The summed E-state index contributed by atoms with van der Waals surface area (Å²) < 4.78 is 52.4. The van der Waals surface area contributed by atoms with Crippen LogP contribution in [-0.2, 0) is 11.3 Å². The number of benzene rings is 3. The Morgan fingerprint density at radius 2 is 1.71 bits per heavy atom. The fraction of sp³-hybridized carbons (Fsp3) is 0.154. The molecule has 0 spiro atoms. The number of halogens is 3. The molecule has 178 valence electrons. The lowest BCUT2D eigenvalue weighted by Crippen LogP contribution is -2.37. The molecule has 1 N–H and O–H groups in total. The lowest BCUT2D eigenvalue weighted by molar-refractivity contribution is 0.0335. The van der Waals surface area contributed by atoms with Crippen LogP contribution in [0.1, 0.15) is 27.7 Å². The Bertz CT molecular complexity index is 1500. The number of nitrogens with zero attached hydrogens (tertiary/aromatic N) is 1. The predicted octanol–water partition coefficient (Wildman–Crippen LogP) is 5.08. The third-order valence-corrected chi connectivity index (χ3v) is 5.96. The number of nitrogens with one attached hydrogen (secondary N) is 1. The number of ether oxygens (including phenoxy) is 2. The van der Waals surface area contributed by atoms with Gasteiger partial charge in [0.2, 0.25) is 0 Å². The quantitative estimate of drug-likeness (QED) is 0.442. The van der Waals surface area contributed by atoms with Crippen molar-refractivity contribution in [3.63, 3.8) is 0 Å². The van der Waals surface area contributed by atoms with E-state index in [4.69, 9.17) is 9.47 Å². The fourth-order valence-electron chi connectivity index (χ4n) is 4.22. The number of pyridine rings is 1. The largest absolute Gasteiger partial charge is 0.457 e. The van der Waals surface area contributed by atoms with Crippen molar-refractivity contribution in [2.24, 2.45) is 0 Å². The number of carbonyl (C=O) groups is 1. The first-order valence-corrected chi connectivity index (χ1v) is 10.7. The average Bonchev–Trinajstić information content (AvgIpc) is 2.85. The Morgan fingerprint density at radius 3 is 2.46 bits per heavy atom. The third-order valence-electron chi connectivity index (χ3n) is 5.96. The van der Waals surface area contributed by atoms with E-state index in [2.05, 4.69) is 4.98 Å². The van der Waals surface area contributed by atoms with Gasteiger partial charge in [0.15, 0.2) is 11.6 Å². The first kappa shape index (κ1) is 22.7. The zero-order valence-corrected chi connectivity index (χ0v) is 18.5. The average molecular weight is 480 g/mol. The molecule has 6 nitrogen and oxygen atoms in total. The van der Waals surface area contributed by atoms with Gasteiger partial charge in [-0.05, 0) is 60.0 Å². The van der Waals surface area contributed by atoms with Gasteiger partial charge in [-0.3, -0.25) is 9.59 Å². The van der Waals surface area contributed by atoms with Crippen molar-refractivity contribution in [3.05, 3.63) is 105 Å². The molecule has 3 aromatic carbocycles. The molecule has 5 rings (SSSR count). The molecular formula is C26H19F3N2O4. The van der Waals surface area contributed by atoms with E-state index >= 15 is 0 Å². The van der Waals surface area contributed by atoms with Crippen molar-refractivity contribution in [2.75, 3.05) is 13.7 Å². The molecular weight excluding hydrogens is 461 g/mol. The lowest BCUT2D eigenvalue weighted by Gasteiger charge is -2.34. The predicted molar refractivity (Wildman–Crippen MR) is 122 cm³/mol. The van der Waals surface area contributed by atoms with E-state index in [1.165, 1.54) is 29.2 Å². The Labute approximate surface area is 197 Å². The van der Waals surface area contributed by atoms with Crippen molar-refractivity contribution < 1.29 is 27.4 Å². The van der Waals surface area contributed by atoms with Gasteiger partial charge in [-0.25, -0.2) is 13.2 Å². The maximum Gasteiger partial charge on any atom is 0.256 e. The van der Waals surface area contributed by atoms with Crippen LogP contribution in [0.25, 0.3) is 10.8 Å². The van der Waals surface area contributed by atoms with E-state index in [1.807, 2.05) is 0 Å². The first-order chi connectivity index (χ1) is 16.8. The summed E-state index contributed by atoms with van der Waals surface area (Å²) in [6.45, 7) is 0.167. The smallest absolute Gasteiger partial charge is 0.256 e. The number of hydrogen-bond acceptors (Lipinski definition) is 4. The second-order valence-electron chi connectivity index (χ2n) is 8.19. The molecule has 0 saturated carbocycles. The molecule has 1 aliphatic rings. The molecule has 0 unspecified atom stereocenters. The second-order valence-corrected chi connectivity index (χ2v) is 8.19. The number of aromatic amines is 1. The van der Waals surface area contributed by atoms with E-state index in [0.717, 1.165) is 12.1 Å². The lowest BCUT2D eigenvalue weighted by atomic mass is 9.95. The Hall–Kier alpha value is -4.11. The topological polar surface area (TPSA) is 71.6 Å². The Kier molecular flexibility index (Phi) is 5.78. The molecule has 0 saturated heterocycles.